The van der Waals surface area contributed by atoms with Crippen LogP contribution in [0.4, 0.5) is 4.79 Å². The predicted molar refractivity (Wildman–Crippen MR) is 57.0 cm³/mol. The maximum absolute atomic E-state index is 11.3. The molecule has 1 amide bonds. The lowest BCUT2D eigenvalue weighted by molar-refractivity contribution is 0.158. The maximum atomic E-state index is 11.3. The van der Waals surface area contributed by atoms with Gasteiger partial charge in [0.25, 0.3) is 0 Å². The first-order chi connectivity index (χ1) is 6.95. The maximum Gasteiger partial charge on any atom is 0.421 e. The zero-order valence-electron chi connectivity index (χ0n) is 8.62. The zero-order valence-corrected chi connectivity index (χ0v) is 10.2. The minimum absolute atomic E-state index is 0.105. The molecule has 0 aromatic rings. The number of rotatable bonds is 6. The van der Waals surface area contributed by atoms with E-state index in [2.05, 4.69) is 9.46 Å². The summed E-state index contributed by atoms with van der Waals surface area (Å²) in [4.78, 5) is 10.8. The highest BCUT2D eigenvalue weighted by atomic mass is 35.5. The fourth-order valence-electron chi connectivity index (χ4n) is 0.743. The van der Waals surface area contributed by atoms with Crippen LogP contribution in [0, 0.1) is 0 Å². The van der Waals surface area contributed by atoms with Gasteiger partial charge in [-0.15, -0.1) is 11.6 Å². The molecular weight excluding hydrogens is 244 g/mol. The van der Waals surface area contributed by atoms with E-state index >= 15 is 0 Å². The molecule has 0 radical (unpaired) electrons. The number of halogens is 1. The lowest BCUT2D eigenvalue weighted by Crippen LogP contribution is -2.45. The summed E-state index contributed by atoms with van der Waals surface area (Å²) in [5, 5.41) is 0. The second-order valence-electron chi connectivity index (χ2n) is 2.70. The number of hydrogen-bond acceptors (Lipinski definition) is 4. The molecule has 0 bridgehead atoms. The zero-order chi connectivity index (χ0) is 11.9. The Morgan fingerprint density at radius 2 is 2.07 bits per heavy atom. The van der Waals surface area contributed by atoms with Crippen LogP contribution in [0.1, 0.15) is 20.3 Å². The van der Waals surface area contributed by atoms with Gasteiger partial charge in [-0.3, -0.25) is 0 Å². The largest absolute Gasteiger partial charge is 0.449 e. The third kappa shape index (κ3) is 6.53. The minimum Gasteiger partial charge on any atom is -0.449 e. The second kappa shape index (κ2) is 6.86. The van der Waals surface area contributed by atoms with Crippen molar-refractivity contribution < 1.29 is 17.9 Å². The molecule has 15 heavy (non-hydrogen) atoms. The average Bonchev–Trinajstić information content (AvgIpc) is 2.13. The first-order valence-electron chi connectivity index (χ1n) is 4.48. The molecule has 1 unspecified atom stereocenters. The highest BCUT2D eigenvalue weighted by molar-refractivity contribution is 7.88. The van der Waals surface area contributed by atoms with Gasteiger partial charge in [-0.2, -0.15) is 13.1 Å². The van der Waals surface area contributed by atoms with Gasteiger partial charge < -0.3 is 4.74 Å². The highest BCUT2D eigenvalue weighted by Crippen LogP contribution is 1.96. The fourth-order valence-corrected chi connectivity index (χ4v) is 2.16. The summed E-state index contributed by atoms with van der Waals surface area (Å²) < 4.78 is 30.9. The Hall–Kier alpha value is -0.530. The van der Waals surface area contributed by atoms with Crippen molar-refractivity contribution >= 4 is 27.9 Å². The molecule has 0 aromatic carbocycles. The molecule has 0 aliphatic carbocycles. The van der Waals surface area contributed by atoms with E-state index in [1.165, 1.54) is 0 Å². The van der Waals surface area contributed by atoms with Crippen LogP contribution in [0.5, 0.6) is 0 Å². The molecule has 1 atom stereocenters. The van der Waals surface area contributed by atoms with Crippen molar-refractivity contribution in [3.05, 3.63) is 0 Å². The van der Waals surface area contributed by atoms with Crippen molar-refractivity contribution in [3.63, 3.8) is 0 Å². The average molecular weight is 259 g/mol. The number of carbonyl (C=O) groups is 1. The van der Waals surface area contributed by atoms with Crippen LogP contribution in [0.15, 0.2) is 0 Å². The van der Waals surface area contributed by atoms with Gasteiger partial charge in [0.15, 0.2) is 0 Å². The van der Waals surface area contributed by atoms with E-state index in [4.69, 9.17) is 11.6 Å². The Bertz CT molecular complexity index is 289. The molecule has 8 heteroatoms. The third-order valence-corrected chi connectivity index (χ3v) is 2.95. The smallest absolute Gasteiger partial charge is 0.421 e. The highest BCUT2D eigenvalue weighted by Gasteiger charge is 2.18. The van der Waals surface area contributed by atoms with Crippen LogP contribution in [0.2, 0.25) is 0 Å². The van der Waals surface area contributed by atoms with E-state index in [9.17, 15) is 13.2 Å². The van der Waals surface area contributed by atoms with Gasteiger partial charge in [0.1, 0.15) is 0 Å². The van der Waals surface area contributed by atoms with E-state index in [1.54, 1.807) is 18.6 Å². The predicted octanol–water partition coefficient (Wildman–Crippen LogP) is 0.584. The van der Waals surface area contributed by atoms with Crippen LogP contribution in [0.3, 0.4) is 0 Å². The molecule has 0 aliphatic heterocycles. The summed E-state index contributed by atoms with van der Waals surface area (Å²) in [7, 11) is -3.89. The third-order valence-electron chi connectivity index (χ3n) is 1.49. The van der Waals surface area contributed by atoms with Gasteiger partial charge in [0, 0.05) is 11.9 Å². The monoisotopic (exact) mass is 258 g/mol. The summed E-state index contributed by atoms with van der Waals surface area (Å²) in [5.74, 6) is 0.139. The van der Waals surface area contributed by atoms with E-state index in [1.807, 2.05) is 0 Å². The normalized spacial score (nSPS) is 13.3. The van der Waals surface area contributed by atoms with Gasteiger partial charge in [-0.25, -0.2) is 9.52 Å². The molecule has 0 aromatic heterocycles. The molecule has 0 spiro atoms. The van der Waals surface area contributed by atoms with Gasteiger partial charge in [0.2, 0.25) is 0 Å². The Balaban J connectivity index is 4.24. The van der Waals surface area contributed by atoms with Gasteiger partial charge >= 0.3 is 16.3 Å². The van der Waals surface area contributed by atoms with Crippen LogP contribution in [0.25, 0.3) is 0 Å². The SMILES string of the molecule is CCOC(=O)NS(=O)(=O)NC(CC)CCl. The standard InChI is InChI=1S/C7H15ClN2O4S/c1-3-6(5-8)9-15(12,13)10-7(11)14-4-2/h6,9H,3-5H2,1-2H3,(H,10,11). The number of amides is 1. The molecule has 6 nitrogen and oxygen atoms in total. The molecule has 2 N–H and O–H groups in total. The number of ether oxygens (including phenoxy) is 1. The van der Waals surface area contributed by atoms with Crippen molar-refractivity contribution in [2.24, 2.45) is 0 Å². The molecule has 0 heterocycles. The summed E-state index contributed by atoms with van der Waals surface area (Å²) in [5.41, 5.74) is 0. The molecule has 0 saturated carbocycles. The van der Waals surface area contributed by atoms with Gasteiger partial charge in [0.05, 0.1) is 6.61 Å². The number of nitrogens with one attached hydrogen (secondary N) is 2. The van der Waals surface area contributed by atoms with E-state index in [0.29, 0.717) is 6.42 Å². The van der Waals surface area contributed by atoms with E-state index < -0.39 is 22.3 Å². The van der Waals surface area contributed by atoms with Crippen LogP contribution >= 0.6 is 11.6 Å². The summed E-state index contributed by atoms with van der Waals surface area (Å²) in [6.45, 7) is 3.46. The first kappa shape index (κ1) is 14.5. The van der Waals surface area contributed by atoms with E-state index in [-0.39, 0.29) is 12.5 Å². The molecule has 0 fully saturated rings. The van der Waals surface area contributed by atoms with Crippen molar-refractivity contribution in [2.45, 2.75) is 26.3 Å². The lowest BCUT2D eigenvalue weighted by Gasteiger charge is -2.14. The van der Waals surface area contributed by atoms with Crippen molar-refractivity contribution in [1.82, 2.24) is 9.44 Å². The van der Waals surface area contributed by atoms with Gasteiger partial charge in [-0.1, -0.05) is 6.92 Å². The topological polar surface area (TPSA) is 84.5 Å². The quantitative estimate of drug-likeness (QED) is 0.683. The van der Waals surface area contributed by atoms with Crippen LogP contribution in [-0.4, -0.2) is 33.0 Å². The Kier molecular flexibility index (Phi) is 6.62. The molecular formula is C7H15ClN2O4S. The van der Waals surface area contributed by atoms with Crippen molar-refractivity contribution in [1.29, 1.82) is 0 Å². The second-order valence-corrected chi connectivity index (χ2v) is 4.46. The van der Waals surface area contributed by atoms with Crippen LogP contribution < -0.4 is 9.44 Å². The molecule has 0 aliphatic rings. The fraction of sp³-hybridized carbons (Fsp3) is 0.857. The van der Waals surface area contributed by atoms with Crippen LogP contribution in [-0.2, 0) is 14.9 Å². The van der Waals surface area contributed by atoms with E-state index in [0.717, 1.165) is 0 Å². The number of carbonyl (C=O) groups excluding carboxylic acids is 1. The number of hydrogen-bond donors (Lipinski definition) is 2. The summed E-state index contributed by atoms with van der Waals surface area (Å²) in [6.07, 6.45) is -0.470. The Morgan fingerprint density at radius 1 is 1.47 bits per heavy atom. The Labute approximate surface area is 94.5 Å². The Morgan fingerprint density at radius 3 is 2.47 bits per heavy atom. The summed E-state index contributed by atoms with van der Waals surface area (Å²) in [6, 6.07) is -0.404. The number of alkyl halides is 1. The summed E-state index contributed by atoms with van der Waals surface area (Å²) >= 11 is 5.50. The lowest BCUT2D eigenvalue weighted by atomic mass is 10.3. The minimum atomic E-state index is -3.89. The van der Waals surface area contributed by atoms with Gasteiger partial charge in [-0.05, 0) is 13.3 Å². The molecule has 90 valence electrons. The first-order valence-corrected chi connectivity index (χ1v) is 6.49. The van der Waals surface area contributed by atoms with Crippen molar-refractivity contribution in [2.75, 3.05) is 12.5 Å². The molecule has 0 saturated heterocycles. The molecule has 0 rings (SSSR count). The van der Waals surface area contributed by atoms with Crippen molar-refractivity contribution in [3.8, 4) is 0 Å².